The highest BCUT2D eigenvalue weighted by Gasteiger charge is 2.24. The molecule has 0 bridgehead atoms. The van der Waals surface area contributed by atoms with Gasteiger partial charge < -0.3 is 15.8 Å². The normalized spacial score (nSPS) is 11.9. The number of ether oxygens (including phenoxy) is 1. The molecule has 2 aromatic rings. The Bertz CT molecular complexity index is 853. The number of hydrogen-bond acceptors (Lipinski definition) is 3. The van der Waals surface area contributed by atoms with Crippen LogP contribution in [0.5, 0.6) is 0 Å². The first kappa shape index (κ1) is 27.7. The van der Waals surface area contributed by atoms with Gasteiger partial charge in [0.25, 0.3) is 0 Å². The lowest BCUT2D eigenvalue weighted by atomic mass is 9.95. The van der Waals surface area contributed by atoms with Crippen molar-refractivity contribution in [2.24, 2.45) is 5.73 Å². The van der Waals surface area contributed by atoms with Gasteiger partial charge in [0.2, 0.25) is 0 Å². The van der Waals surface area contributed by atoms with Crippen LogP contribution in [0, 0.1) is 0 Å². The molecule has 0 heterocycles. The van der Waals surface area contributed by atoms with E-state index in [1.807, 2.05) is 78.8 Å². The van der Waals surface area contributed by atoms with Crippen LogP contribution in [0.2, 0.25) is 0 Å². The van der Waals surface area contributed by atoms with Gasteiger partial charge in [-0.3, -0.25) is 0 Å². The molecule has 172 valence electrons. The number of carbonyl (C=O) groups excluding carboxylic acids is 1. The summed E-state index contributed by atoms with van der Waals surface area (Å²) in [5.74, 6) is 0. The van der Waals surface area contributed by atoms with Crippen molar-refractivity contribution in [3.63, 3.8) is 0 Å². The summed E-state index contributed by atoms with van der Waals surface area (Å²) in [6, 6.07) is 16.3. The summed E-state index contributed by atoms with van der Waals surface area (Å²) in [6.07, 6.45) is 1.27. The Labute approximate surface area is 204 Å². The summed E-state index contributed by atoms with van der Waals surface area (Å²) >= 11 is 6.88. The number of nitrogens with two attached hydrogens (primary N) is 1. The topological polar surface area (TPSA) is 64.3 Å². The first-order valence-corrected chi connectivity index (χ1v) is 11.9. The zero-order valence-electron chi connectivity index (χ0n) is 19.7. The summed E-state index contributed by atoms with van der Waals surface area (Å²) in [5, 5.41) is 2.90. The smallest absolute Gasteiger partial charge is 0.408 e. The van der Waals surface area contributed by atoms with Crippen molar-refractivity contribution in [2.75, 3.05) is 0 Å². The largest absolute Gasteiger partial charge is 0.444 e. The molecule has 0 aliphatic rings. The third-order valence-corrected chi connectivity index (χ3v) is 4.91. The predicted molar refractivity (Wildman–Crippen MR) is 137 cm³/mol. The molecule has 3 N–H and O–H groups in total. The number of amides is 1. The number of rotatable bonds is 5. The molecule has 0 atom stereocenters. The van der Waals surface area contributed by atoms with Crippen molar-refractivity contribution < 1.29 is 9.53 Å². The molecule has 6 heteroatoms. The lowest BCUT2D eigenvalue weighted by Gasteiger charge is -2.28. The Morgan fingerprint density at radius 2 is 1.32 bits per heavy atom. The van der Waals surface area contributed by atoms with E-state index < -0.39 is 5.60 Å². The molecule has 0 aliphatic heterocycles. The SMILES string of the molecule is CC(C)(Cc1cccc(Br)c1)NC(=O)OC(C)(C)C.CC(C)(N)Cc1cccc(Br)c1. The molecule has 0 spiro atoms. The standard InChI is InChI=1S/C15H22BrNO2.C10H14BrN/c1-14(2,3)19-13(18)17-15(4,5)10-11-7-6-8-12(16)9-11;1-10(2,12)7-8-4-3-5-9(11)6-8/h6-9H,10H2,1-5H3,(H,17,18);3-6H,7,12H2,1-2H3. The van der Waals surface area contributed by atoms with Crippen LogP contribution in [0.4, 0.5) is 4.79 Å². The maximum atomic E-state index is 11.8. The van der Waals surface area contributed by atoms with E-state index in [-0.39, 0.29) is 17.2 Å². The zero-order chi connectivity index (χ0) is 23.9. The summed E-state index contributed by atoms with van der Waals surface area (Å²) in [7, 11) is 0. The first-order valence-electron chi connectivity index (χ1n) is 10.3. The average molecular weight is 556 g/mol. The monoisotopic (exact) mass is 554 g/mol. The van der Waals surface area contributed by atoms with E-state index in [4.69, 9.17) is 10.5 Å². The van der Waals surface area contributed by atoms with Gasteiger partial charge >= 0.3 is 6.09 Å². The Kier molecular flexibility index (Phi) is 10.2. The van der Waals surface area contributed by atoms with Crippen molar-refractivity contribution in [3.8, 4) is 0 Å². The molecule has 2 aromatic carbocycles. The first-order chi connectivity index (χ1) is 14.0. The van der Waals surface area contributed by atoms with Gasteiger partial charge in [-0.1, -0.05) is 56.1 Å². The molecule has 0 radical (unpaired) electrons. The number of alkyl carbamates (subject to hydrolysis) is 1. The second-order valence-electron chi connectivity index (χ2n) is 10.1. The predicted octanol–water partition coefficient (Wildman–Crippen LogP) is 7.02. The van der Waals surface area contributed by atoms with Crippen molar-refractivity contribution in [1.82, 2.24) is 5.32 Å². The van der Waals surface area contributed by atoms with Crippen LogP contribution in [0.15, 0.2) is 57.5 Å². The number of nitrogens with one attached hydrogen (secondary N) is 1. The van der Waals surface area contributed by atoms with Crippen LogP contribution in [0.25, 0.3) is 0 Å². The molecule has 1 amide bonds. The van der Waals surface area contributed by atoms with Gasteiger partial charge in [-0.15, -0.1) is 0 Å². The molecule has 0 fully saturated rings. The van der Waals surface area contributed by atoms with Gasteiger partial charge in [0.15, 0.2) is 0 Å². The lowest BCUT2D eigenvalue weighted by Crippen LogP contribution is -2.47. The van der Waals surface area contributed by atoms with Gasteiger partial charge in [0.1, 0.15) is 5.60 Å². The maximum absolute atomic E-state index is 11.8. The van der Waals surface area contributed by atoms with Gasteiger partial charge in [-0.2, -0.15) is 0 Å². The van der Waals surface area contributed by atoms with Crippen molar-refractivity contribution >= 4 is 38.0 Å². The van der Waals surface area contributed by atoms with E-state index in [1.165, 1.54) is 5.56 Å². The molecule has 0 saturated heterocycles. The molecule has 0 saturated carbocycles. The second kappa shape index (κ2) is 11.5. The Hall–Kier alpha value is -1.37. The summed E-state index contributed by atoms with van der Waals surface area (Å²) in [5.41, 5.74) is 7.38. The highest BCUT2D eigenvalue weighted by atomic mass is 79.9. The summed E-state index contributed by atoms with van der Waals surface area (Å²) < 4.78 is 7.43. The van der Waals surface area contributed by atoms with Crippen LogP contribution in [0.1, 0.15) is 59.6 Å². The second-order valence-corrected chi connectivity index (χ2v) is 11.9. The molecular formula is C25H36Br2N2O2. The highest BCUT2D eigenvalue weighted by Crippen LogP contribution is 2.18. The molecule has 0 aliphatic carbocycles. The van der Waals surface area contributed by atoms with E-state index in [9.17, 15) is 4.79 Å². The number of halogens is 2. The molecule has 0 aromatic heterocycles. The van der Waals surface area contributed by atoms with E-state index in [0.717, 1.165) is 27.4 Å². The third-order valence-electron chi connectivity index (χ3n) is 3.92. The van der Waals surface area contributed by atoms with Crippen LogP contribution < -0.4 is 11.1 Å². The van der Waals surface area contributed by atoms with Crippen LogP contribution in [-0.4, -0.2) is 22.8 Å². The zero-order valence-corrected chi connectivity index (χ0v) is 22.9. The van der Waals surface area contributed by atoms with E-state index in [1.54, 1.807) is 0 Å². The Morgan fingerprint density at radius 3 is 1.71 bits per heavy atom. The Morgan fingerprint density at radius 1 is 0.871 bits per heavy atom. The minimum Gasteiger partial charge on any atom is -0.444 e. The van der Waals surface area contributed by atoms with Gasteiger partial charge in [-0.05, 0) is 96.7 Å². The van der Waals surface area contributed by atoms with Crippen LogP contribution in [-0.2, 0) is 17.6 Å². The average Bonchev–Trinajstić information content (AvgIpc) is 2.50. The fraction of sp³-hybridized carbons (Fsp3) is 0.480. The fourth-order valence-corrected chi connectivity index (χ4v) is 3.85. The van der Waals surface area contributed by atoms with Crippen molar-refractivity contribution in [2.45, 2.75) is 78.0 Å². The lowest BCUT2D eigenvalue weighted by molar-refractivity contribution is 0.0472. The summed E-state index contributed by atoms with van der Waals surface area (Å²) in [6.45, 7) is 13.6. The molecule has 31 heavy (non-hydrogen) atoms. The molecule has 0 unspecified atom stereocenters. The van der Waals surface area contributed by atoms with Crippen molar-refractivity contribution in [1.29, 1.82) is 0 Å². The maximum Gasteiger partial charge on any atom is 0.408 e. The number of carbonyl (C=O) groups is 1. The van der Waals surface area contributed by atoms with Crippen molar-refractivity contribution in [3.05, 3.63) is 68.6 Å². The van der Waals surface area contributed by atoms with Crippen LogP contribution >= 0.6 is 31.9 Å². The van der Waals surface area contributed by atoms with E-state index in [0.29, 0.717) is 0 Å². The van der Waals surface area contributed by atoms with Crippen LogP contribution in [0.3, 0.4) is 0 Å². The number of hydrogen-bond donors (Lipinski definition) is 2. The third kappa shape index (κ3) is 13.6. The van der Waals surface area contributed by atoms with E-state index >= 15 is 0 Å². The van der Waals surface area contributed by atoms with Gasteiger partial charge in [0.05, 0.1) is 0 Å². The number of benzene rings is 2. The van der Waals surface area contributed by atoms with Gasteiger partial charge in [0, 0.05) is 20.0 Å². The van der Waals surface area contributed by atoms with Gasteiger partial charge in [-0.25, -0.2) is 4.79 Å². The fourth-order valence-electron chi connectivity index (χ4n) is 2.95. The minimum atomic E-state index is -0.476. The Balaban J connectivity index is 0.000000343. The molecule has 2 rings (SSSR count). The summed E-state index contributed by atoms with van der Waals surface area (Å²) in [4.78, 5) is 11.8. The minimum absolute atomic E-state index is 0.124. The van der Waals surface area contributed by atoms with E-state index in [2.05, 4.69) is 55.4 Å². The molecule has 4 nitrogen and oxygen atoms in total. The molecular weight excluding hydrogens is 520 g/mol. The quantitative estimate of drug-likeness (QED) is 0.416. The highest BCUT2D eigenvalue weighted by molar-refractivity contribution is 9.10.